The van der Waals surface area contributed by atoms with Crippen LogP contribution in [0, 0.1) is 10.8 Å². The molecular weight excluding hydrogens is 260 g/mol. The summed E-state index contributed by atoms with van der Waals surface area (Å²) >= 11 is 0. The lowest BCUT2D eigenvalue weighted by Gasteiger charge is -2.29. The van der Waals surface area contributed by atoms with Gasteiger partial charge in [-0.05, 0) is 28.6 Å². The molecule has 0 heterocycles. The van der Waals surface area contributed by atoms with Crippen molar-refractivity contribution in [2.45, 2.75) is 61.2 Å². The summed E-state index contributed by atoms with van der Waals surface area (Å²) in [5.41, 5.74) is 3.74. The molecule has 0 aromatic rings. The highest BCUT2D eigenvalue weighted by Gasteiger charge is 2.42. The van der Waals surface area contributed by atoms with Gasteiger partial charge in [-0.25, -0.2) is 0 Å². The molecule has 0 atom stereocenters. The lowest BCUT2D eigenvalue weighted by atomic mass is 9.72. The number of hydrogen-bond donors (Lipinski definition) is 0. The summed E-state index contributed by atoms with van der Waals surface area (Å²) in [5.74, 6) is 1.09. The molecule has 2 heteroatoms. The SMILES string of the molecule is C=C1C=C(C(C)(C)C)C(=[O+][Si](C)(C)C)C(C(C)(C)C)=C1. The van der Waals surface area contributed by atoms with Crippen LogP contribution in [0.3, 0.4) is 0 Å². The molecule has 0 saturated heterocycles. The molecule has 0 saturated carbocycles. The average molecular weight is 292 g/mol. The Hall–Kier alpha value is -0.893. The van der Waals surface area contributed by atoms with Crippen molar-refractivity contribution >= 4 is 14.1 Å². The Balaban J connectivity index is 3.55. The van der Waals surface area contributed by atoms with Gasteiger partial charge >= 0.3 is 14.1 Å². The maximum absolute atomic E-state index is 6.48. The molecule has 112 valence electrons. The molecule has 0 aromatic carbocycles. The highest BCUT2D eigenvalue weighted by atomic mass is 28.4. The van der Waals surface area contributed by atoms with Gasteiger partial charge in [0, 0.05) is 19.6 Å². The standard InChI is InChI=1S/C18H31OSi/c1-13-11-14(17(2,3)4)16(19-20(8,9)10)15(12-13)18(5,6)7/h11-12H,1H2,2-10H3/q+1. The molecular formula is C18H31OSi+. The van der Waals surface area contributed by atoms with E-state index in [0.717, 1.165) is 11.4 Å². The third-order valence-electron chi connectivity index (χ3n) is 3.17. The number of allylic oxidation sites excluding steroid dienone is 5. The first kappa shape index (κ1) is 17.2. The first-order valence-electron chi connectivity index (χ1n) is 7.42. The smallest absolute Gasteiger partial charge is 0.372 e. The van der Waals surface area contributed by atoms with Crippen LogP contribution in [0.15, 0.2) is 35.5 Å². The molecule has 20 heavy (non-hydrogen) atoms. The summed E-state index contributed by atoms with van der Waals surface area (Å²) in [7, 11) is -1.66. The monoisotopic (exact) mass is 291 g/mol. The van der Waals surface area contributed by atoms with Gasteiger partial charge < -0.3 is 4.11 Å². The molecule has 1 rings (SSSR count). The number of rotatable bonds is 1. The van der Waals surface area contributed by atoms with Crippen molar-refractivity contribution in [1.82, 2.24) is 0 Å². The quantitative estimate of drug-likeness (QED) is 0.450. The molecule has 0 amide bonds. The lowest BCUT2D eigenvalue weighted by Crippen LogP contribution is -2.34. The largest absolute Gasteiger partial charge is 0.509 e. The minimum Gasteiger partial charge on any atom is -0.372 e. The Bertz CT molecular complexity index is 461. The van der Waals surface area contributed by atoms with Gasteiger partial charge in [-0.1, -0.05) is 48.1 Å². The van der Waals surface area contributed by atoms with E-state index in [1.165, 1.54) is 11.1 Å². The molecule has 1 nitrogen and oxygen atoms in total. The van der Waals surface area contributed by atoms with E-state index in [1.807, 2.05) is 0 Å². The predicted octanol–water partition coefficient (Wildman–Crippen LogP) is 5.44. The minimum absolute atomic E-state index is 0.0582. The first-order valence-corrected chi connectivity index (χ1v) is 10.8. The van der Waals surface area contributed by atoms with Crippen molar-refractivity contribution in [1.29, 1.82) is 0 Å². The van der Waals surface area contributed by atoms with Gasteiger partial charge in [0.15, 0.2) is 0 Å². The zero-order valence-corrected chi connectivity index (χ0v) is 15.8. The van der Waals surface area contributed by atoms with E-state index >= 15 is 0 Å². The van der Waals surface area contributed by atoms with E-state index in [0.29, 0.717) is 0 Å². The van der Waals surface area contributed by atoms with E-state index in [4.69, 9.17) is 4.11 Å². The van der Waals surface area contributed by atoms with E-state index in [1.54, 1.807) is 0 Å². The Morgan fingerprint density at radius 3 is 1.45 bits per heavy atom. The highest BCUT2D eigenvalue weighted by Crippen LogP contribution is 2.39. The summed E-state index contributed by atoms with van der Waals surface area (Å²) in [6.07, 6.45) is 4.37. The molecule has 0 spiro atoms. The van der Waals surface area contributed by atoms with E-state index in [9.17, 15) is 0 Å². The van der Waals surface area contributed by atoms with Gasteiger partial charge in [-0.15, -0.1) is 0 Å². The van der Waals surface area contributed by atoms with Gasteiger partial charge in [0.2, 0.25) is 0 Å². The van der Waals surface area contributed by atoms with Crippen molar-refractivity contribution in [2.75, 3.05) is 0 Å². The van der Waals surface area contributed by atoms with Gasteiger partial charge in [0.25, 0.3) is 0 Å². The number of carbonyl (C=O) groups excluding carboxylic acids is 1. The van der Waals surface area contributed by atoms with Crippen molar-refractivity contribution in [3.05, 3.63) is 35.5 Å². The lowest BCUT2D eigenvalue weighted by molar-refractivity contribution is -0.304. The van der Waals surface area contributed by atoms with Crippen LogP contribution in [0.1, 0.15) is 41.5 Å². The number of hydrogen-bond acceptors (Lipinski definition) is 0. The van der Waals surface area contributed by atoms with E-state index in [2.05, 4.69) is 79.9 Å². The van der Waals surface area contributed by atoms with Crippen LogP contribution < -0.4 is 0 Å². The van der Waals surface area contributed by atoms with E-state index < -0.39 is 8.32 Å². The molecule has 1 aliphatic rings. The van der Waals surface area contributed by atoms with Crippen molar-refractivity contribution in [2.24, 2.45) is 10.8 Å². The normalized spacial score (nSPS) is 17.9. The van der Waals surface area contributed by atoms with Crippen LogP contribution in [0.4, 0.5) is 0 Å². The molecule has 0 bridgehead atoms. The van der Waals surface area contributed by atoms with Crippen LogP contribution in [-0.4, -0.2) is 14.1 Å². The Morgan fingerprint density at radius 1 is 0.850 bits per heavy atom. The average Bonchev–Trinajstić information content (AvgIpc) is 2.14. The van der Waals surface area contributed by atoms with Crippen LogP contribution in [0.25, 0.3) is 0 Å². The van der Waals surface area contributed by atoms with Crippen molar-refractivity contribution in [3.8, 4) is 0 Å². The highest BCUT2D eigenvalue weighted by molar-refractivity contribution is 6.67. The summed E-state index contributed by atoms with van der Waals surface area (Å²) in [5, 5.41) is 0. The molecule has 0 unspecified atom stereocenters. The first-order chi connectivity index (χ1) is 8.72. The van der Waals surface area contributed by atoms with Gasteiger partial charge in [0.05, 0.1) is 11.1 Å². The second kappa shape index (κ2) is 5.14. The minimum atomic E-state index is -1.66. The fourth-order valence-corrected chi connectivity index (χ4v) is 3.05. The third kappa shape index (κ3) is 4.31. The fourth-order valence-electron chi connectivity index (χ4n) is 2.22. The molecule has 0 radical (unpaired) electrons. The van der Waals surface area contributed by atoms with Crippen LogP contribution in [0.2, 0.25) is 19.6 Å². The van der Waals surface area contributed by atoms with Crippen molar-refractivity contribution in [3.63, 3.8) is 0 Å². The van der Waals surface area contributed by atoms with Crippen LogP contribution >= 0.6 is 0 Å². The summed E-state index contributed by atoms with van der Waals surface area (Å²) in [4.78, 5) is 0. The molecule has 0 aliphatic heterocycles. The van der Waals surface area contributed by atoms with Gasteiger partial charge in [0.1, 0.15) is 0 Å². The zero-order chi connectivity index (χ0) is 15.9. The molecule has 1 aliphatic carbocycles. The molecule has 0 aromatic heterocycles. The Labute approximate surface area is 126 Å². The third-order valence-corrected chi connectivity index (χ3v) is 3.99. The topological polar surface area (TPSA) is 11.3 Å². The van der Waals surface area contributed by atoms with Crippen molar-refractivity contribution < 1.29 is 4.11 Å². The zero-order valence-electron chi connectivity index (χ0n) is 14.8. The second-order valence-electron chi connectivity index (χ2n) is 8.73. The molecule has 0 N–H and O–H groups in total. The maximum atomic E-state index is 6.48. The van der Waals surface area contributed by atoms with Crippen LogP contribution in [0.5, 0.6) is 0 Å². The predicted molar refractivity (Wildman–Crippen MR) is 92.6 cm³/mol. The maximum Gasteiger partial charge on any atom is 0.509 e. The van der Waals surface area contributed by atoms with Gasteiger partial charge in [-0.3, -0.25) is 0 Å². The number of ketones is 1. The Morgan fingerprint density at radius 2 is 1.20 bits per heavy atom. The van der Waals surface area contributed by atoms with E-state index in [-0.39, 0.29) is 10.8 Å². The molecule has 0 fully saturated rings. The summed E-state index contributed by atoms with van der Waals surface area (Å²) in [6.45, 7) is 24.3. The summed E-state index contributed by atoms with van der Waals surface area (Å²) in [6, 6.07) is 0. The van der Waals surface area contributed by atoms with Gasteiger partial charge in [-0.2, -0.15) is 0 Å². The summed E-state index contributed by atoms with van der Waals surface area (Å²) < 4.78 is 6.48. The van der Waals surface area contributed by atoms with Crippen LogP contribution in [-0.2, 0) is 4.11 Å². The second-order valence-corrected chi connectivity index (χ2v) is 13.2. The fraction of sp³-hybridized carbons (Fsp3) is 0.611. The Kier molecular flexibility index (Phi) is 4.41.